The number of H-pyrrole nitrogens is 1. The topological polar surface area (TPSA) is 93.0 Å². The Hall–Kier alpha value is -1.86. The molecule has 1 aromatic heterocycles. The number of aromatic nitrogens is 2. The average Bonchev–Trinajstić information content (AvgIpc) is 2.85. The number of ether oxygens (including phenoxy) is 1. The number of benzene rings is 1. The summed E-state index contributed by atoms with van der Waals surface area (Å²) in [5.41, 5.74) is 7.50. The van der Waals surface area contributed by atoms with E-state index in [4.69, 9.17) is 10.5 Å². The van der Waals surface area contributed by atoms with Crippen LogP contribution in [-0.2, 0) is 4.79 Å². The molecule has 2 aromatic rings. The summed E-state index contributed by atoms with van der Waals surface area (Å²) < 4.78 is 6.15. The summed E-state index contributed by atoms with van der Waals surface area (Å²) >= 11 is 3.33. The molecule has 0 radical (unpaired) electrons. The Morgan fingerprint density at radius 1 is 1.50 bits per heavy atom. The first-order chi connectivity index (χ1) is 9.67. The van der Waals surface area contributed by atoms with E-state index in [1.807, 2.05) is 18.2 Å². The molecule has 1 amide bonds. The molecule has 1 unspecified atom stereocenters. The molecule has 0 aliphatic carbocycles. The van der Waals surface area contributed by atoms with Gasteiger partial charge in [-0.15, -0.1) is 0 Å². The lowest BCUT2D eigenvalue weighted by atomic mass is 9.97. The smallest absolute Gasteiger partial charge is 0.262 e. The first-order valence-corrected chi connectivity index (χ1v) is 6.93. The maximum absolute atomic E-state index is 11.4. The highest BCUT2D eigenvalue weighted by Gasteiger charge is 2.20. The molecule has 4 N–H and O–H groups in total. The molecule has 0 bridgehead atoms. The van der Waals surface area contributed by atoms with Crippen LogP contribution in [0.1, 0.15) is 17.3 Å². The van der Waals surface area contributed by atoms with Gasteiger partial charge in [0.25, 0.3) is 5.91 Å². The van der Waals surface area contributed by atoms with Crippen LogP contribution >= 0.6 is 15.9 Å². The number of anilines is 1. The Balaban J connectivity index is 1.96. The van der Waals surface area contributed by atoms with Crippen molar-refractivity contribution in [2.24, 2.45) is 5.73 Å². The van der Waals surface area contributed by atoms with Gasteiger partial charge in [-0.2, -0.15) is 0 Å². The van der Waals surface area contributed by atoms with Gasteiger partial charge in [0, 0.05) is 6.54 Å². The van der Waals surface area contributed by atoms with Crippen molar-refractivity contribution in [3.63, 3.8) is 0 Å². The van der Waals surface area contributed by atoms with Crippen molar-refractivity contribution in [2.75, 3.05) is 18.5 Å². The standard InChI is InChI=1S/C13H13BrN4O2/c14-11-5-16-13(18-11)8(4-15)7-1-2-10-9(3-7)17-12(19)6-20-10/h1-3,5,8H,4,6,15H2,(H,16,18)(H,17,19). The van der Waals surface area contributed by atoms with Gasteiger partial charge in [-0.05, 0) is 33.6 Å². The Labute approximate surface area is 123 Å². The predicted molar refractivity (Wildman–Crippen MR) is 77.8 cm³/mol. The highest BCUT2D eigenvalue weighted by atomic mass is 79.9. The SMILES string of the molecule is NCC(c1ccc2c(c1)NC(=O)CO2)c1ncc(Br)[nH]1. The molecular formula is C13H13BrN4O2. The molecule has 0 saturated carbocycles. The van der Waals surface area contributed by atoms with E-state index >= 15 is 0 Å². The molecule has 3 rings (SSSR count). The number of halogens is 1. The summed E-state index contributed by atoms with van der Waals surface area (Å²) in [7, 11) is 0. The molecule has 1 aliphatic heterocycles. The summed E-state index contributed by atoms with van der Waals surface area (Å²) in [6.07, 6.45) is 1.70. The Bertz CT molecular complexity index is 656. The minimum Gasteiger partial charge on any atom is -0.482 e. The first kappa shape index (κ1) is 13.1. The Morgan fingerprint density at radius 2 is 2.35 bits per heavy atom. The molecule has 0 spiro atoms. The van der Waals surface area contributed by atoms with Gasteiger partial charge < -0.3 is 20.8 Å². The third-order valence-electron chi connectivity index (χ3n) is 3.17. The lowest BCUT2D eigenvalue weighted by Crippen LogP contribution is -2.25. The number of carbonyl (C=O) groups excluding carboxylic acids is 1. The van der Waals surface area contributed by atoms with Crippen molar-refractivity contribution in [3.8, 4) is 5.75 Å². The molecule has 6 nitrogen and oxygen atoms in total. The van der Waals surface area contributed by atoms with Gasteiger partial charge in [0.1, 0.15) is 16.2 Å². The van der Waals surface area contributed by atoms with Crippen molar-refractivity contribution in [3.05, 3.63) is 40.4 Å². The molecular weight excluding hydrogens is 324 g/mol. The lowest BCUT2D eigenvalue weighted by molar-refractivity contribution is -0.118. The second-order valence-electron chi connectivity index (χ2n) is 4.50. The molecule has 1 aliphatic rings. The lowest BCUT2D eigenvalue weighted by Gasteiger charge is -2.20. The highest BCUT2D eigenvalue weighted by molar-refractivity contribution is 9.10. The van der Waals surface area contributed by atoms with E-state index in [1.54, 1.807) is 6.20 Å². The van der Waals surface area contributed by atoms with Crippen LogP contribution in [0.3, 0.4) is 0 Å². The second-order valence-corrected chi connectivity index (χ2v) is 5.35. The van der Waals surface area contributed by atoms with E-state index in [2.05, 4.69) is 31.2 Å². The van der Waals surface area contributed by atoms with Crippen molar-refractivity contribution in [1.82, 2.24) is 9.97 Å². The number of nitrogens with two attached hydrogens (primary N) is 1. The number of fused-ring (bicyclic) bond motifs is 1. The van der Waals surface area contributed by atoms with Gasteiger partial charge in [-0.25, -0.2) is 4.98 Å². The van der Waals surface area contributed by atoms with Crippen LogP contribution in [0.25, 0.3) is 0 Å². The third kappa shape index (κ3) is 2.41. The molecule has 104 valence electrons. The fourth-order valence-electron chi connectivity index (χ4n) is 2.21. The van der Waals surface area contributed by atoms with Gasteiger partial charge in [-0.1, -0.05) is 6.07 Å². The second kappa shape index (κ2) is 5.26. The monoisotopic (exact) mass is 336 g/mol. The van der Waals surface area contributed by atoms with E-state index in [9.17, 15) is 4.79 Å². The average molecular weight is 337 g/mol. The summed E-state index contributed by atoms with van der Waals surface area (Å²) in [6, 6.07) is 5.65. The maximum atomic E-state index is 11.4. The number of imidazole rings is 1. The molecule has 20 heavy (non-hydrogen) atoms. The van der Waals surface area contributed by atoms with Crippen LogP contribution in [0.2, 0.25) is 0 Å². The Morgan fingerprint density at radius 3 is 3.05 bits per heavy atom. The zero-order valence-corrected chi connectivity index (χ0v) is 12.1. The Kier molecular flexibility index (Phi) is 3.45. The molecule has 0 saturated heterocycles. The molecule has 7 heteroatoms. The number of nitrogens with zero attached hydrogens (tertiary/aromatic N) is 1. The normalized spacial score (nSPS) is 15.2. The maximum Gasteiger partial charge on any atom is 0.262 e. The highest BCUT2D eigenvalue weighted by Crippen LogP contribution is 2.32. The van der Waals surface area contributed by atoms with Crippen LogP contribution in [0.5, 0.6) is 5.75 Å². The minimum absolute atomic E-state index is 0.0534. The van der Waals surface area contributed by atoms with Crippen LogP contribution in [0, 0.1) is 0 Å². The van der Waals surface area contributed by atoms with Gasteiger partial charge in [0.05, 0.1) is 17.8 Å². The van der Waals surface area contributed by atoms with E-state index in [0.717, 1.165) is 16.0 Å². The van der Waals surface area contributed by atoms with Crippen molar-refractivity contribution < 1.29 is 9.53 Å². The van der Waals surface area contributed by atoms with Crippen LogP contribution in [-0.4, -0.2) is 29.0 Å². The van der Waals surface area contributed by atoms with E-state index in [0.29, 0.717) is 18.0 Å². The van der Waals surface area contributed by atoms with Gasteiger partial charge >= 0.3 is 0 Å². The summed E-state index contributed by atoms with van der Waals surface area (Å²) in [5.74, 6) is 1.23. The molecule has 1 aromatic carbocycles. The number of rotatable bonds is 3. The summed E-state index contributed by atoms with van der Waals surface area (Å²) in [4.78, 5) is 18.8. The quantitative estimate of drug-likeness (QED) is 0.793. The number of hydrogen-bond acceptors (Lipinski definition) is 4. The van der Waals surface area contributed by atoms with Crippen molar-refractivity contribution in [2.45, 2.75) is 5.92 Å². The number of aromatic amines is 1. The predicted octanol–water partition coefficient (Wildman–Crippen LogP) is 1.59. The van der Waals surface area contributed by atoms with E-state index < -0.39 is 0 Å². The number of carbonyl (C=O) groups is 1. The van der Waals surface area contributed by atoms with Gasteiger partial charge in [0.2, 0.25) is 0 Å². The summed E-state index contributed by atoms with van der Waals surface area (Å²) in [5, 5.41) is 2.79. The largest absolute Gasteiger partial charge is 0.482 e. The zero-order valence-electron chi connectivity index (χ0n) is 10.5. The molecule has 2 heterocycles. The van der Waals surface area contributed by atoms with Gasteiger partial charge in [0.15, 0.2) is 6.61 Å². The van der Waals surface area contributed by atoms with Crippen LogP contribution < -0.4 is 15.8 Å². The molecule has 0 fully saturated rings. The number of amides is 1. The fraction of sp³-hybridized carbons (Fsp3) is 0.231. The molecule has 1 atom stereocenters. The number of nitrogens with one attached hydrogen (secondary N) is 2. The van der Waals surface area contributed by atoms with Crippen LogP contribution in [0.4, 0.5) is 5.69 Å². The van der Waals surface area contributed by atoms with Crippen LogP contribution in [0.15, 0.2) is 29.0 Å². The third-order valence-corrected chi connectivity index (χ3v) is 3.57. The van der Waals surface area contributed by atoms with E-state index in [1.165, 1.54) is 0 Å². The number of hydrogen-bond donors (Lipinski definition) is 3. The minimum atomic E-state index is -0.153. The van der Waals surface area contributed by atoms with Crippen molar-refractivity contribution >= 4 is 27.5 Å². The summed E-state index contributed by atoms with van der Waals surface area (Å²) in [6.45, 7) is 0.464. The van der Waals surface area contributed by atoms with Crippen molar-refractivity contribution in [1.29, 1.82) is 0 Å². The van der Waals surface area contributed by atoms with Gasteiger partial charge in [-0.3, -0.25) is 4.79 Å². The first-order valence-electron chi connectivity index (χ1n) is 6.14. The zero-order chi connectivity index (χ0) is 14.1. The van der Waals surface area contributed by atoms with E-state index in [-0.39, 0.29) is 18.4 Å². The fourth-order valence-corrected chi connectivity index (χ4v) is 2.52.